The zero-order valence-corrected chi connectivity index (χ0v) is 13.4. The van der Waals surface area contributed by atoms with Crippen LogP contribution in [0.15, 0.2) is 24.3 Å². The van der Waals surface area contributed by atoms with Gasteiger partial charge in [-0.15, -0.1) is 0 Å². The molecule has 2 heterocycles. The van der Waals surface area contributed by atoms with Crippen LogP contribution in [-0.2, 0) is 0 Å². The number of carbonyl (C=O) groups is 1. The van der Waals surface area contributed by atoms with Gasteiger partial charge in [-0.05, 0) is 38.3 Å². The van der Waals surface area contributed by atoms with E-state index in [-0.39, 0.29) is 23.1 Å². The number of likely N-dealkylation sites (tertiary alicyclic amines) is 1. The van der Waals surface area contributed by atoms with Crippen LogP contribution in [0.4, 0.5) is 20.3 Å². The molecular weight excluding hydrogens is 314 g/mol. The molecule has 1 fully saturated rings. The van der Waals surface area contributed by atoms with Crippen molar-refractivity contribution in [2.24, 2.45) is 0 Å². The summed E-state index contributed by atoms with van der Waals surface area (Å²) in [5.41, 5.74) is -0.0735. The van der Waals surface area contributed by atoms with E-state index in [4.69, 9.17) is 0 Å². The second-order valence-corrected chi connectivity index (χ2v) is 5.76. The smallest absolute Gasteiger partial charge is 0.272 e. The van der Waals surface area contributed by atoms with E-state index in [1.807, 2.05) is 0 Å². The number of hydrogen-bond acceptors (Lipinski definition) is 4. The summed E-state index contributed by atoms with van der Waals surface area (Å²) in [6, 6.07) is 5.01. The van der Waals surface area contributed by atoms with Crippen LogP contribution in [-0.4, -0.2) is 33.9 Å². The van der Waals surface area contributed by atoms with Gasteiger partial charge < -0.3 is 10.2 Å². The molecule has 5 nitrogen and oxygen atoms in total. The third-order valence-corrected chi connectivity index (χ3v) is 3.92. The second kappa shape index (κ2) is 6.90. The highest BCUT2D eigenvalue weighted by molar-refractivity contribution is 5.93. The largest absolute Gasteiger partial charge is 0.337 e. The van der Waals surface area contributed by atoms with Gasteiger partial charge in [-0.25, -0.2) is 18.7 Å². The summed E-state index contributed by atoms with van der Waals surface area (Å²) in [6.07, 6.45) is 3.06. The fraction of sp³-hybridized carbons (Fsp3) is 0.353. The number of hydrogen-bond donors (Lipinski definition) is 1. The SMILES string of the molecule is Cc1nc(Nc2c(F)cccc2F)cc(C(=O)N2CCCCC2)n1. The Balaban J connectivity index is 1.87. The fourth-order valence-electron chi connectivity index (χ4n) is 2.75. The minimum Gasteiger partial charge on any atom is -0.337 e. The van der Waals surface area contributed by atoms with E-state index in [0.29, 0.717) is 18.9 Å². The first-order valence-electron chi connectivity index (χ1n) is 7.90. The molecule has 3 rings (SSSR count). The maximum atomic E-state index is 13.8. The van der Waals surface area contributed by atoms with E-state index in [1.54, 1.807) is 11.8 Å². The van der Waals surface area contributed by atoms with Crippen molar-refractivity contribution < 1.29 is 13.6 Å². The third-order valence-electron chi connectivity index (χ3n) is 3.92. The first-order valence-corrected chi connectivity index (χ1v) is 7.90. The lowest BCUT2D eigenvalue weighted by Gasteiger charge is -2.26. The lowest BCUT2D eigenvalue weighted by Crippen LogP contribution is -2.36. The number of piperidine rings is 1. The second-order valence-electron chi connectivity index (χ2n) is 5.76. The maximum absolute atomic E-state index is 13.8. The highest BCUT2D eigenvalue weighted by Gasteiger charge is 2.21. The number of aryl methyl sites for hydroxylation is 1. The summed E-state index contributed by atoms with van der Waals surface area (Å²) < 4.78 is 27.5. The van der Waals surface area contributed by atoms with Gasteiger partial charge >= 0.3 is 0 Å². The summed E-state index contributed by atoms with van der Waals surface area (Å²) in [6.45, 7) is 3.04. The number of nitrogens with zero attached hydrogens (tertiary/aromatic N) is 3. The molecule has 1 aliphatic rings. The molecule has 24 heavy (non-hydrogen) atoms. The third kappa shape index (κ3) is 3.50. The van der Waals surface area contributed by atoms with Crippen molar-refractivity contribution in [3.8, 4) is 0 Å². The number of carbonyl (C=O) groups excluding carboxylic acids is 1. The van der Waals surface area contributed by atoms with Crippen LogP contribution in [0.25, 0.3) is 0 Å². The topological polar surface area (TPSA) is 58.1 Å². The Morgan fingerprint density at radius 2 is 1.79 bits per heavy atom. The van der Waals surface area contributed by atoms with E-state index in [9.17, 15) is 13.6 Å². The zero-order chi connectivity index (χ0) is 17.1. The van der Waals surface area contributed by atoms with Crippen molar-refractivity contribution in [2.45, 2.75) is 26.2 Å². The Labute approximate surface area is 138 Å². The first kappa shape index (κ1) is 16.3. The van der Waals surface area contributed by atoms with Gasteiger partial charge in [0.05, 0.1) is 0 Å². The summed E-state index contributed by atoms with van der Waals surface area (Å²) in [4.78, 5) is 22.6. The summed E-state index contributed by atoms with van der Waals surface area (Å²) >= 11 is 0. The lowest BCUT2D eigenvalue weighted by molar-refractivity contribution is 0.0718. The minimum absolute atomic E-state index is 0.183. The molecule has 126 valence electrons. The van der Waals surface area contributed by atoms with Crippen molar-refractivity contribution >= 4 is 17.4 Å². The summed E-state index contributed by atoms with van der Waals surface area (Å²) in [5, 5.41) is 2.61. The quantitative estimate of drug-likeness (QED) is 0.935. The number of anilines is 2. The molecule has 1 N–H and O–H groups in total. The number of halogens is 2. The van der Waals surface area contributed by atoms with Crippen LogP contribution in [0.2, 0.25) is 0 Å². The zero-order valence-electron chi connectivity index (χ0n) is 13.4. The van der Waals surface area contributed by atoms with Crippen LogP contribution in [0.3, 0.4) is 0 Å². The standard InChI is InChI=1S/C17H18F2N4O/c1-11-20-14(17(24)23-8-3-2-4-9-23)10-15(21-11)22-16-12(18)6-5-7-13(16)19/h5-7,10H,2-4,8-9H2,1H3,(H,20,21,22). The van der Waals surface area contributed by atoms with Crippen LogP contribution in [0.1, 0.15) is 35.6 Å². The fourth-order valence-corrected chi connectivity index (χ4v) is 2.75. The molecule has 1 aliphatic heterocycles. The molecule has 0 radical (unpaired) electrons. The Kier molecular flexibility index (Phi) is 4.69. The molecule has 1 aromatic carbocycles. The van der Waals surface area contributed by atoms with Gasteiger partial charge in [-0.3, -0.25) is 4.79 Å². The van der Waals surface area contributed by atoms with E-state index in [2.05, 4.69) is 15.3 Å². The predicted octanol–water partition coefficient (Wildman–Crippen LogP) is 3.43. The van der Waals surface area contributed by atoms with E-state index >= 15 is 0 Å². The molecule has 0 aliphatic carbocycles. The van der Waals surface area contributed by atoms with E-state index < -0.39 is 11.6 Å². The van der Waals surface area contributed by atoms with Crippen LogP contribution in [0.5, 0.6) is 0 Å². The highest BCUT2D eigenvalue weighted by Crippen LogP contribution is 2.23. The lowest BCUT2D eigenvalue weighted by atomic mass is 10.1. The van der Waals surface area contributed by atoms with Crippen molar-refractivity contribution in [3.63, 3.8) is 0 Å². The molecule has 0 saturated carbocycles. The monoisotopic (exact) mass is 332 g/mol. The molecule has 0 unspecified atom stereocenters. The van der Waals surface area contributed by atoms with Crippen LogP contribution in [0, 0.1) is 18.6 Å². The van der Waals surface area contributed by atoms with Gasteiger partial charge in [0, 0.05) is 19.2 Å². The molecule has 2 aromatic rings. The summed E-state index contributed by atoms with van der Waals surface area (Å²) in [5.74, 6) is -1.09. The van der Waals surface area contributed by atoms with Gasteiger partial charge in [-0.1, -0.05) is 6.07 Å². The Bertz CT molecular complexity index is 740. The molecule has 0 atom stereocenters. The normalized spacial score (nSPS) is 14.5. The van der Waals surface area contributed by atoms with Crippen molar-refractivity contribution in [1.29, 1.82) is 0 Å². The minimum atomic E-state index is -0.727. The predicted molar refractivity (Wildman–Crippen MR) is 86.2 cm³/mol. The molecule has 0 spiro atoms. The summed E-state index contributed by atoms with van der Waals surface area (Å²) in [7, 11) is 0. The first-order chi connectivity index (χ1) is 11.5. The number of para-hydroxylation sites is 1. The van der Waals surface area contributed by atoms with E-state index in [0.717, 1.165) is 31.4 Å². The van der Waals surface area contributed by atoms with Gasteiger partial charge in [-0.2, -0.15) is 0 Å². The van der Waals surface area contributed by atoms with Gasteiger partial charge in [0.2, 0.25) is 0 Å². The molecular formula is C17H18F2N4O. The Morgan fingerprint density at radius 3 is 2.46 bits per heavy atom. The highest BCUT2D eigenvalue weighted by atomic mass is 19.1. The Morgan fingerprint density at radius 1 is 1.12 bits per heavy atom. The van der Waals surface area contributed by atoms with Gasteiger partial charge in [0.25, 0.3) is 5.91 Å². The number of amides is 1. The molecule has 1 aromatic heterocycles. The number of benzene rings is 1. The average Bonchev–Trinajstić information content (AvgIpc) is 2.58. The van der Waals surface area contributed by atoms with Crippen LogP contribution >= 0.6 is 0 Å². The molecule has 1 saturated heterocycles. The Hall–Kier alpha value is -2.57. The van der Waals surface area contributed by atoms with Gasteiger partial charge in [0.1, 0.15) is 34.7 Å². The van der Waals surface area contributed by atoms with Crippen molar-refractivity contribution in [1.82, 2.24) is 14.9 Å². The van der Waals surface area contributed by atoms with Crippen LogP contribution < -0.4 is 5.32 Å². The van der Waals surface area contributed by atoms with Gasteiger partial charge in [0.15, 0.2) is 0 Å². The maximum Gasteiger partial charge on any atom is 0.272 e. The number of rotatable bonds is 3. The molecule has 7 heteroatoms. The molecule has 0 bridgehead atoms. The number of aromatic nitrogens is 2. The van der Waals surface area contributed by atoms with Crippen molar-refractivity contribution in [2.75, 3.05) is 18.4 Å². The van der Waals surface area contributed by atoms with E-state index in [1.165, 1.54) is 12.1 Å². The molecule has 1 amide bonds. The van der Waals surface area contributed by atoms with Crippen molar-refractivity contribution in [3.05, 3.63) is 47.4 Å². The average molecular weight is 332 g/mol. The number of nitrogens with one attached hydrogen (secondary N) is 1.